The summed E-state index contributed by atoms with van der Waals surface area (Å²) in [7, 11) is 0. The third kappa shape index (κ3) is 3.22. The maximum atomic E-state index is 3.04. The van der Waals surface area contributed by atoms with E-state index in [2.05, 4.69) is 66.7 Å². The molecule has 0 aliphatic rings. The minimum atomic E-state index is 0.863. The number of hydrogen-bond donors (Lipinski definition) is 2. The molecule has 0 aliphatic heterocycles. The fourth-order valence-electron chi connectivity index (χ4n) is 0.770. The van der Waals surface area contributed by atoms with Crippen molar-refractivity contribution >= 4 is 45.5 Å². The first-order valence-electron chi connectivity index (χ1n) is 3.16. The molecule has 2 nitrogen and oxygen atoms in total. The molecule has 0 heterocycles. The number of rotatable bonds is 3. The zero-order valence-electron chi connectivity index (χ0n) is 5.77. The van der Waals surface area contributed by atoms with Crippen LogP contribution < -0.4 is 9.06 Å². The molecule has 0 atom stereocenters. The lowest BCUT2D eigenvalue weighted by Crippen LogP contribution is -2.21. The average Bonchev–Trinajstić information content (AvgIpc) is 2.03. The molecular weight excluding hydrogens is 366 g/mol. The van der Waals surface area contributed by atoms with Gasteiger partial charge < -0.3 is 0 Å². The summed E-state index contributed by atoms with van der Waals surface area (Å²) in [6.45, 7) is 0.863. The van der Waals surface area contributed by atoms with E-state index < -0.39 is 0 Å². The molecule has 0 aliphatic carbocycles. The van der Waals surface area contributed by atoms with Crippen LogP contribution in [0.1, 0.15) is 5.56 Å². The second-order valence-corrected chi connectivity index (χ2v) is 3.74. The van der Waals surface area contributed by atoms with Crippen LogP contribution in [0.3, 0.4) is 0 Å². The summed E-state index contributed by atoms with van der Waals surface area (Å²) < 4.78 is 4.16. The Morgan fingerprint density at radius 2 is 2.00 bits per heavy atom. The van der Waals surface area contributed by atoms with Crippen molar-refractivity contribution in [2.24, 2.45) is 0 Å². The highest BCUT2D eigenvalue weighted by Gasteiger charge is 1.95. The van der Waals surface area contributed by atoms with Gasteiger partial charge in [0.1, 0.15) is 0 Å². The molecule has 11 heavy (non-hydrogen) atoms. The van der Waals surface area contributed by atoms with Gasteiger partial charge in [0.15, 0.2) is 0 Å². The van der Waals surface area contributed by atoms with Crippen molar-refractivity contribution in [3.05, 3.63) is 33.4 Å². The van der Waals surface area contributed by atoms with Crippen LogP contribution in [0.5, 0.6) is 0 Å². The largest absolute Gasteiger partial charge is 0.244 e. The van der Waals surface area contributed by atoms with Crippen molar-refractivity contribution in [2.75, 3.05) is 0 Å². The molecule has 2 N–H and O–H groups in total. The highest BCUT2D eigenvalue weighted by molar-refractivity contribution is 14.1. The van der Waals surface area contributed by atoms with Gasteiger partial charge in [0.25, 0.3) is 0 Å². The summed E-state index contributed by atoms with van der Waals surface area (Å²) in [6, 6.07) is 8.31. The Morgan fingerprint density at radius 1 is 1.27 bits per heavy atom. The van der Waals surface area contributed by atoms with Gasteiger partial charge in [-0.2, -0.15) is 3.64 Å². The summed E-state index contributed by atoms with van der Waals surface area (Å²) in [6.07, 6.45) is 0. The van der Waals surface area contributed by atoms with E-state index in [-0.39, 0.29) is 0 Å². The van der Waals surface area contributed by atoms with Gasteiger partial charge in [0.2, 0.25) is 0 Å². The Hall–Kier alpha value is 0.600. The standard InChI is InChI=1S/C7H8I2N2/c8-7-4-2-1-3-6(7)5-10-11-9/h1-4,10-11H,5H2. The summed E-state index contributed by atoms with van der Waals surface area (Å²) >= 11 is 4.39. The zero-order chi connectivity index (χ0) is 8.10. The Kier molecular flexibility index (Phi) is 4.65. The second kappa shape index (κ2) is 5.28. The van der Waals surface area contributed by atoms with E-state index in [1.807, 2.05) is 12.1 Å². The first kappa shape index (κ1) is 9.69. The van der Waals surface area contributed by atoms with E-state index in [1.54, 1.807) is 0 Å². The monoisotopic (exact) mass is 374 g/mol. The van der Waals surface area contributed by atoms with E-state index in [0.717, 1.165) is 6.54 Å². The summed E-state index contributed by atoms with van der Waals surface area (Å²) in [5, 5.41) is 0. The predicted molar refractivity (Wildman–Crippen MR) is 63.2 cm³/mol. The maximum absolute atomic E-state index is 3.04. The lowest BCUT2D eigenvalue weighted by molar-refractivity contribution is 0.704. The van der Waals surface area contributed by atoms with Gasteiger partial charge >= 0.3 is 0 Å². The second-order valence-electron chi connectivity index (χ2n) is 2.04. The van der Waals surface area contributed by atoms with Gasteiger partial charge in [-0.05, 0) is 34.2 Å². The molecule has 4 heteroatoms. The third-order valence-corrected chi connectivity index (χ3v) is 2.74. The Bertz CT molecular complexity index is 227. The van der Waals surface area contributed by atoms with E-state index in [9.17, 15) is 0 Å². The molecule has 0 unspecified atom stereocenters. The third-order valence-electron chi connectivity index (χ3n) is 1.30. The first-order valence-corrected chi connectivity index (χ1v) is 5.32. The minimum absolute atomic E-state index is 0.863. The summed E-state index contributed by atoms with van der Waals surface area (Å²) in [5.41, 5.74) is 4.35. The van der Waals surface area contributed by atoms with Crippen molar-refractivity contribution in [1.29, 1.82) is 0 Å². The van der Waals surface area contributed by atoms with Gasteiger partial charge in [-0.3, -0.25) is 0 Å². The van der Waals surface area contributed by atoms with E-state index in [0.29, 0.717) is 0 Å². The number of hydrogen-bond acceptors (Lipinski definition) is 2. The SMILES string of the molecule is INNCc1ccccc1I. The molecular formula is C7H8I2N2. The lowest BCUT2D eigenvalue weighted by atomic mass is 10.2. The molecule has 0 radical (unpaired) electrons. The highest BCUT2D eigenvalue weighted by Crippen LogP contribution is 2.10. The number of hydrazine groups is 1. The fraction of sp³-hybridized carbons (Fsp3) is 0.143. The summed E-state index contributed by atoms with van der Waals surface area (Å²) in [4.78, 5) is 0. The lowest BCUT2D eigenvalue weighted by Gasteiger charge is -2.03. The molecule has 1 aromatic carbocycles. The first-order chi connectivity index (χ1) is 5.34. The minimum Gasteiger partial charge on any atom is -0.244 e. The van der Waals surface area contributed by atoms with Crippen LogP contribution in [-0.2, 0) is 6.54 Å². The Balaban J connectivity index is 2.62. The van der Waals surface area contributed by atoms with Gasteiger partial charge in [-0.1, -0.05) is 18.2 Å². The van der Waals surface area contributed by atoms with Crippen LogP contribution >= 0.6 is 45.5 Å². The molecule has 1 aromatic rings. The molecule has 0 aromatic heterocycles. The maximum Gasteiger partial charge on any atom is 0.0369 e. The fourth-order valence-corrected chi connectivity index (χ4v) is 1.54. The molecule has 60 valence electrons. The van der Waals surface area contributed by atoms with Crippen LogP contribution in [-0.4, -0.2) is 0 Å². The van der Waals surface area contributed by atoms with Crippen molar-refractivity contribution in [3.63, 3.8) is 0 Å². The van der Waals surface area contributed by atoms with Gasteiger partial charge in [-0.15, -0.1) is 0 Å². The predicted octanol–water partition coefficient (Wildman–Crippen LogP) is 2.24. The van der Waals surface area contributed by atoms with Crippen LogP contribution in [0.4, 0.5) is 0 Å². The quantitative estimate of drug-likeness (QED) is 0.482. The number of halogens is 2. The van der Waals surface area contributed by atoms with Crippen LogP contribution in [0.2, 0.25) is 0 Å². The van der Waals surface area contributed by atoms with Crippen LogP contribution in [0.25, 0.3) is 0 Å². The molecule has 0 saturated carbocycles. The summed E-state index contributed by atoms with van der Waals surface area (Å²) in [5.74, 6) is 0. The molecule has 0 saturated heterocycles. The van der Waals surface area contributed by atoms with Gasteiger partial charge in [0, 0.05) is 33.0 Å². The van der Waals surface area contributed by atoms with Crippen LogP contribution in [0, 0.1) is 3.57 Å². The van der Waals surface area contributed by atoms with Crippen molar-refractivity contribution < 1.29 is 0 Å². The van der Waals surface area contributed by atoms with Crippen molar-refractivity contribution in [2.45, 2.75) is 6.54 Å². The molecule has 0 amide bonds. The topological polar surface area (TPSA) is 24.1 Å². The van der Waals surface area contributed by atoms with E-state index in [4.69, 9.17) is 0 Å². The smallest absolute Gasteiger partial charge is 0.0369 e. The number of nitrogens with one attached hydrogen (secondary N) is 2. The molecule has 0 spiro atoms. The Labute approximate surface area is 93.7 Å². The van der Waals surface area contributed by atoms with Crippen molar-refractivity contribution in [1.82, 2.24) is 9.06 Å². The van der Waals surface area contributed by atoms with E-state index >= 15 is 0 Å². The van der Waals surface area contributed by atoms with Gasteiger partial charge in [-0.25, -0.2) is 5.43 Å². The van der Waals surface area contributed by atoms with Crippen LogP contribution in [0.15, 0.2) is 24.3 Å². The average molecular weight is 374 g/mol. The zero-order valence-corrected chi connectivity index (χ0v) is 10.1. The highest BCUT2D eigenvalue weighted by atomic mass is 127. The van der Waals surface area contributed by atoms with E-state index in [1.165, 1.54) is 9.13 Å². The molecule has 0 bridgehead atoms. The van der Waals surface area contributed by atoms with Crippen molar-refractivity contribution in [3.8, 4) is 0 Å². The molecule has 1 rings (SSSR count). The van der Waals surface area contributed by atoms with Gasteiger partial charge in [0.05, 0.1) is 0 Å². The number of benzene rings is 1. The Morgan fingerprint density at radius 3 is 2.64 bits per heavy atom. The normalized spacial score (nSPS) is 10.0. The molecule has 0 fully saturated rings.